The van der Waals surface area contributed by atoms with Crippen molar-refractivity contribution in [3.8, 4) is 0 Å². The van der Waals surface area contributed by atoms with Crippen LogP contribution in [0, 0.1) is 6.92 Å². The van der Waals surface area contributed by atoms with Gasteiger partial charge in [-0.2, -0.15) is 0 Å². The molecule has 0 spiro atoms. The predicted molar refractivity (Wildman–Crippen MR) is 70.7 cm³/mol. The van der Waals surface area contributed by atoms with E-state index in [9.17, 15) is 4.79 Å². The number of rotatable bonds is 2. The van der Waals surface area contributed by atoms with E-state index < -0.39 is 0 Å². The lowest BCUT2D eigenvalue weighted by Crippen LogP contribution is -2.11. The van der Waals surface area contributed by atoms with Gasteiger partial charge in [0.2, 0.25) is 0 Å². The third-order valence-corrected chi connectivity index (χ3v) is 3.25. The lowest BCUT2D eigenvalue weighted by atomic mass is 10.2. The minimum atomic E-state index is -0.313. The van der Waals surface area contributed by atoms with Gasteiger partial charge >= 0.3 is 0 Å². The number of nitrogens with two attached hydrogens (primary N) is 1. The maximum Gasteiger partial charge on any atom is 0.267 e. The Bertz CT molecular complexity index is 591. The summed E-state index contributed by atoms with van der Waals surface area (Å²) in [6.07, 6.45) is 1.41. The number of aromatic nitrogens is 1. The summed E-state index contributed by atoms with van der Waals surface area (Å²) in [6.45, 7) is 1.78. The summed E-state index contributed by atoms with van der Waals surface area (Å²) in [5.41, 5.74) is 6.70. The fourth-order valence-corrected chi connectivity index (χ4v) is 2.14. The summed E-state index contributed by atoms with van der Waals surface area (Å²) in [4.78, 5) is 16.1. The van der Waals surface area contributed by atoms with Gasteiger partial charge in [0.15, 0.2) is 5.13 Å². The van der Waals surface area contributed by atoms with Gasteiger partial charge in [-0.15, -0.1) is 0 Å². The second-order valence-electron chi connectivity index (χ2n) is 3.38. The van der Waals surface area contributed by atoms with Crippen molar-refractivity contribution in [1.82, 2.24) is 4.98 Å². The number of nitrogens with zero attached hydrogens (tertiary/aromatic N) is 1. The molecule has 0 saturated carbocycles. The average molecular weight is 269 g/mol. The average Bonchev–Trinajstić information content (AvgIpc) is 2.70. The molecule has 1 aromatic carbocycles. The van der Waals surface area contributed by atoms with E-state index in [0.29, 0.717) is 26.8 Å². The van der Waals surface area contributed by atoms with E-state index in [1.807, 2.05) is 0 Å². The van der Waals surface area contributed by atoms with Crippen LogP contribution < -0.4 is 11.1 Å². The Hall–Kier alpha value is -1.59. The summed E-state index contributed by atoms with van der Waals surface area (Å²) in [5, 5.41) is 3.37. The summed E-state index contributed by atoms with van der Waals surface area (Å²) in [5.74, 6) is -0.313. The first-order chi connectivity index (χ1) is 8.47. The van der Waals surface area contributed by atoms with E-state index in [1.165, 1.54) is 12.3 Å². The second-order valence-corrected chi connectivity index (χ2v) is 4.85. The van der Waals surface area contributed by atoms with Gasteiger partial charge in [0, 0.05) is 0 Å². The largest absolute Gasteiger partial charge is 0.375 e. The van der Waals surface area contributed by atoms with Crippen molar-refractivity contribution in [2.24, 2.45) is 0 Å². The Morgan fingerprint density at radius 1 is 1.65 bits per heavy atom. The molecule has 4 nitrogen and oxygen atoms in total. The summed E-state index contributed by atoms with van der Waals surface area (Å²) < 4.78 is 7.50. The molecule has 3 N–H and O–H groups in total. The number of carbonyl (C=O) groups is 1. The van der Waals surface area contributed by atoms with Gasteiger partial charge in [0.05, 0.1) is 18.3 Å². The van der Waals surface area contributed by atoms with Crippen LogP contribution in [0.15, 0.2) is 24.4 Å². The topological polar surface area (TPSA) is 68.0 Å². The fourth-order valence-electron chi connectivity index (χ4n) is 1.30. The third kappa shape index (κ3) is 2.57. The first-order valence-corrected chi connectivity index (χ1v) is 5.96. The van der Waals surface area contributed by atoms with E-state index in [-0.39, 0.29) is 5.91 Å². The molecule has 88 valence electrons. The standard InChI is InChI=1S/C11H10ClN3OS/c1-6-3-2-4-7(12)9(6)15-10(16)8-5-14-11(13)17-8/h2-5H,1H3,(H2,13,14)(H,15,16)/i2D. The van der Waals surface area contributed by atoms with Crippen LogP contribution in [0.2, 0.25) is 5.02 Å². The number of nitrogens with one attached hydrogen (secondary N) is 1. The molecule has 2 aromatic rings. The SMILES string of the molecule is [2H]c1cc(C)c(NC(=O)c2cnc(N)s2)c(Cl)c1. The van der Waals surface area contributed by atoms with E-state index in [2.05, 4.69) is 10.3 Å². The molecule has 0 radical (unpaired) electrons. The number of nitrogen functional groups attached to an aromatic ring is 1. The quantitative estimate of drug-likeness (QED) is 0.880. The molecule has 0 aliphatic rings. The molecule has 6 heteroatoms. The van der Waals surface area contributed by atoms with Crippen LogP contribution in [0.1, 0.15) is 16.6 Å². The minimum Gasteiger partial charge on any atom is -0.375 e. The molecule has 2 rings (SSSR count). The Balaban J connectivity index is 2.27. The number of carbonyl (C=O) groups excluding carboxylic acids is 1. The molecule has 0 bridgehead atoms. The number of benzene rings is 1. The molecule has 0 fully saturated rings. The number of thiazole rings is 1. The lowest BCUT2D eigenvalue weighted by Gasteiger charge is -2.08. The van der Waals surface area contributed by atoms with E-state index in [0.717, 1.165) is 16.9 Å². The number of aryl methyl sites for hydroxylation is 1. The maximum absolute atomic E-state index is 11.9. The zero-order valence-corrected chi connectivity index (χ0v) is 10.5. The molecule has 0 unspecified atom stereocenters. The molecule has 1 aromatic heterocycles. The monoisotopic (exact) mass is 268 g/mol. The number of anilines is 2. The third-order valence-electron chi connectivity index (χ3n) is 2.13. The van der Waals surface area contributed by atoms with Crippen LogP contribution in [0.25, 0.3) is 0 Å². The Kier molecular flexibility index (Phi) is 2.94. The summed E-state index contributed by atoms with van der Waals surface area (Å²) in [6, 6.07) is 3.41. The zero-order chi connectivity index (χ0) is 13.3. The highest BCUT2D eigenvalue weighted by Crippen LogP contribution is 2.26. The van der Waals surface area contributed by atoms with Crippen LogP contribution in [0.4, 0.5) is 10.8 Å². The van der Waals surface area contributed by atoms with Crippen molar-refractivity contribution in [2.75, 3.05) is 11.1 Å². The van der Waals surface area contributed by atoms with Gasteiger partial charge in [-0.05, 0) is 18.6 Å². The van der Waals surface area contributed by atoms with Crippen molar-refractivity contribution in [3.05, 3.63) is 39.8 Å². The van der Waals surface area contributed by atoms with Crippen molar-refractivity contribution in [3.63, 3.8) is 0 Å². The van der Waals surface area contributed by atoms with Crippen molar-refractivity contribution < 1.29 is 6.17 Å². The fraction of sp³-hybridized carbons (Fsp3) is 0.0909. The number of para-hydroxylation sites is 1. The number of hydrogen-bond acceptors (Lipinski definition) is 4. The van der Waals surface area contributed by atoms with Crippen LogP contribution >= 0.6 is 22.9 Å². The van der Waals surface area contributed by atoms with E-state index in [4.69, 9.17) is 18.7 Å². The van der Waals surface area contributed by atoms with Crippen molar-refractivity contribution >= 4 is 39.7 Å². The van der Waals surface area contributed by atoms with Crippen LogP contribution in [0.5, 0.6) is 0 Å². The summed E-state index contributed by atoms with van der Waals surface area (Å²) in [7, 11) is 0. The molecule has 0 saturated heterocycles. The Morgan fingerprint density at radius 3 is 3.00 bits per heavy atom. The molecular weight excluding hydrogens is 258 g/mol. The zero-order valence-electron chi connectivity index (χ0n) is 9.95. The predicted octanol–water partition coefficient (Wildman–Crippen LogP) is 2.94. The van der Waals surface area contributed by atoms with Crippen molar-refractivity contribution in [2.45, 2.75) is 6.92 Å². The molecule has 1 amide bonds. The van der Waals surface area contributed by atoms with Crippen LogP contribution in [-0.2, 0) is 0 Å². The molecule has 1 heterocycles. The maximum atomic E-state index is 11.9. The Morgan fingerprint density at radius 2 is 2.41 bits per heavy atom. The van der Waals surface area contributed by atoms with Crippen LogP contribution in [-0.4, -0.2) is 10.9 Å². The summed E-state index contributed by atoms with van der Waals surface area (Å²) >= 11 is 7.10. The number of hydrogen-bond donors (Lipinski definition) is 2. The molecule has 17 heavy (non-hydrogen) atoms. The highest BCUT2D eigenvalue weighted by atomic mass is 35.5. The number of halogens is 1. The highest BCUT2D eigenvalue weighted by molar-refractivity contribution is 7.17. The first kappa shape index (κ1) is 10.6. The van der Waals surface area contributed by atoms with Gasteiger partial charge in [0.25, 0.3) is 5.91 Å². The van der Waals surface area contributed by atoms with Gasteiger partial charge < -0.3 is 11.1 Å². The minimum absolute atomic E-state index is 0.303. The lowest BCUT2D eigenvalue weighted by molar-refractivity contribution is 0.103. The Labute approximate surface area is 109 Å². The molecule has 0 aliphatic heterocycles. The number of amides is 1. The van der Waals surface area contributed by atoms with Gasteiger partial charge in [-0.3, -0.25) is 4.79 Å². The van der Waals surface area contributed by atoms with Gasteiger partial charge in [-0.1, -0.05) is 35.0 Å². The van der Waals surface area contributed by atoms with Crippen molar-refractivity contribution in [1.29, 1.82) is 0 Å². The van der Waals surface area contributed by atoms with E-state index in [1.54, 1.807) is 13.0 Å². The van der Waals surface area contributed by atoms with E-state index >= 15 is 0 Å². The molecule has 0 atom stereocenters. The second kappa shape index (κ2) is 4.73. The van der Waals surface area contributed by atoms with Gasteiger partial charge in [0.1, 0.15) is 4.88 Å². The molecular formula is C11H10ClN3OS. The highest BCUT2D eigenvalue weighted by Gasteiger charge is 2.12. The van der Waals surface area contributed by atoms with Crippen LogP contribution in [0.3, 0.4) is 0 Å². The smallest absolute Gasteiger partial charge is 0.267 e. The van der Waals surface area contributed by atoms with Gasteiger partial charge in [-0.25, -0.2) is 4.98 Å². The first-order valence-electron chi connectivity index (χ1n) is 5.27. The molecule has 0 aliphatic carbocycles. The normalized spacial score (nSPS) is 11.1.